The Hall–Kier alpha value is -2.28. The summed E-state index contributed by atoms with van der Waals surface area (Å²) < 4.78 is 16.9. The molecule has 0 saturated carbocycles. The van der Waals surface area contributed by atoms with Crippen molar-refractivity contribution < 1.29 is 4.39 Å². The number of fused-ring (bicyclic) bond motifs is 1. The predicted molar refractivity (Wildman–Crippen MR) is 114 cm³/mol. The number of imidazole rings is 2. The normalized spacial score (nSPS) is 11.5. The first-order valence-corrected chi connectivity index (χ1v) is 10.1. The van der Waals surface area contributed by atoms with Gasteiger partial charge in [0.05, 0.1) is 22.6 Å². The molecule has 0 unspecified atom stereocenters. The van der Waals surface area contributed by atoms with E-state index in [4.69, 9.17) is 34.8 Å². The topological polar surface area (TPSA) is 55.6 Å². The molecule has 4 aromatic rings. The van der Waals surface area contributed by atoms with Gasteiger partial charge < -0.3 is 4.98 Å². The fourth-order valence-corrected chi connectivity index (χ4v) is 3.96. The van der Waals surface area contributed by atoms with Crippen LogP contribution in [0.1, 0.15) is 24.0 Å². The number of halogens is 4. The largest absolute Gasteiger partial charge is 0.340 e. The zero-order valence-corrected chi connectivity index (χ0v) is 17.6. The highest BCUT2D eigenvalue weighted by Crippen LogP contribution is 2.24. The van der Waals surface area contributed by atoms with Crippen molar-refractivity contribution in [2.24, 2.45) is 0 Å². The summed E-state index contributed by atoms with van der Waals surface area (Å²) in [4.78, 5) is 20.3. The highest BCUT2D eigenvalue weighted by molar-refractivity contribution is 6.35. The van der Waals surface area contributed by atoms with Crippen molar-refractivity contribution in [3.63, 3.8) is 0 Å². The van der Waals surface area contributed by atoms with Gasteiger partial charge in [-0.05, 0) is 30.7 Å². The van der Waals surface area contributed by atoms with Crippen LogP contribution in [0.4, 0.5) is 4.39 Å². The van der Waals surface area contributed by atoms with Crippen LogP contribution in [-0.2, 0) is 19.5 Å². The minimum absolute atomic E-state index is 0.00647. The fraction of sp³-hybridized carbons (Fsp3) is 0.200. The van der Waals surface area contributed by atoms with Gasteiger partial charge in [-0.25, -0.2) is 14.2 Å². The third-order valence-corrected chi connectivity index (χ3v) is 5.60. The molecule has 0 radical (unpaired) electrons. The summed E-state index contributed by atoms with van der Waals surface area (Å²) in [6.45, 7) is 2.65. The highest BCUT2D eigenvalue weighted by Gasteiger charge is 2.14. The van der Waals surface area contributed by atoms with Crippen LogP contribution in [-0.4, -0.2) is 19.1 Å². The molecule has 150 valence electrons. The molecule has 0 aliphatic carbocycles. The Morgan fingerprint density at radius 1 is 1.14 bits per heavy atom. The Morgan fingerprint density at radius 3 is 2.66 bits per heavy atom. The van der Waals surface area contributed by atoms with E-state index >= 15 is 0 Å². The van der Waals surface area contributed by atoms with Crippen LogP contribution in [0.2, 0.25) is 15.1 Å². The number of nitrogens with zero attached hydrogens (tertiary/aromatic N) is 3. The molecule has 0 amide bonds. The van der Waals surface area contributed by atoms with Gasteiger partial charge in [-0.2, -0.15) is 0 Å². The summed E-state index contributed by atoms with van der Waals surface area (Å²) in [5.74, 6) is 0.0129. The van der Waals surface area contributed by atoms with E-state index in [1.165, 1.54) is 12.1 Å². The van der Waals surface area contributed by atoms with Gasteiger partial charge in [0, 0.05) is 41.0 Å². The lowest BCUT2D eigenvalue weighted by atomic mass is 10.1. The number of aromatic amines is 1. The molecule has 29 heavy (non-hydrogen) atoms. The summed E-state index contributed by atoms with van der Waals surface area (Å²) in [7, 11) is 0. The molecule has 2 aromatic heterocycles. The van der Waals surface area contributed by atoms with Gasteiger partial charge >= 0.3 is 5.69 Å². The molecule has 9 heteroatoms. The third-order valence-electron chi connectivity index (χ3n) is 4.72. The minimum Gasteiger partial charge on any atom is -0.340 e. The first kappa shape index (κ1) is 20.0. The maximum atomic E-state index is 13.7. The zero-order chi connectivity index (χ0) is 20.7. The number of hydrogen-bond donors (Lipinski definition) is 1. The predicted octanol–water partition coefficient (Wildman–Crippen LogP) is 5.28. The Balaban J connectivity index is 1.67. The van der Waals surface area contributed by atoms with Crippen molar-refractivity contribution in [1.29, 1.82) is 0 Å². The molecule has 1 N–H and O–H groups in total. The number of benzene rings is 2. The molecule has 0 fully saturated rings. The third kappa shape index (κ3) is 3.92. The van der Waals surface area contributed by atoms with E-state index in [9.17, 15) is 9.18 Å². The van der Waals surface area contributed by atoms with Crippen LogP contribution in [0.3, 0.4) is 0 Å². The fourth-order valence-electron chi connectivity index (χ4n) is 3.33. The van der Waals surface area contributed by atoms with Crippen LogP contribution in [0.15, 0.2) is 41.3 Å². The lowest BCUT2D eigenvalue weighted by Gasteiger charge is -2.06. The maximum Gasteiger partial charge on any atom is 0.328 e. The lowest BCUT2D eigenvalue weighted by Crippen LogP contribution is -2.25. The van der Waals surface area contributed by atoms with Gasteiger partial charge in [0.1, 0.15) is 11.6 Å². The SMILES string of the molecule is CCn1c(Cc2ccc(Cl)cc2Cl)cn(Cc2nc3cc(Cl)c(F)cc3[nH]2)c1=O. The summed E-state index contributed by atoms with van der Waals surface area (Å²) in [5.41, 5.74) is 2.62. The average Bonchev–Trinajstić information content (AvgIpc) is 3.18. The number of aromatic nitrogens is 4. The van der Waals surface area contributed by atoms with E-state index in [1.807, 2.05) is 13.0 Å². The standard InChI is InChI=1S/C20H16Cl3FN4O/c1-2-28-13(5-11-3-4-12(21)6-14(11)22)9-27(20(28)29)10-19-25-17-7-15(23)16(24)8-18(17)26-19/h3-4,6-9H,2,5,10H2,1H3,(H,25,26). The minimum atomic E-state index is -0.522. The summed E-state index contributed by atoms with van der Waals surface area (Å²) in [5, 5.41) is 1.12. The van der Waals surface area contributed by atoms with E-state index < -0.39 is 5.82 Å². The van der Waals surface area contributed by atoms with E-state index in [0.717, 1.165) is 11.3 Å². The number of nitrogens with one attached hydrogen (secondary N) is 1. The molecular weight excluding hydrogens is 438 g/mol. The van der Waals surface area contributed by atoms with Gasteiger partial charge in [-0.1, -0.05) is 40.9 Å². The Bertz CT molecular complexity index is 1240. The van der Waals surface area contributed by atoms with E-state index in [-0.39, 0.29) is 17.3 Å². The first-order chi connectivity index (χ1) is 13.9. The molecule has 0 spiro atoms. The Labute approximate surface area is 180 Å². The summed E-state index contributed by atoms with van der Waals surface area (Å²) in [6.07, 6.45) is 2.28. The van der Waals surface area contributed by atoms with Crippen molar-refractivity contribution in [2.75, 3.05) is 0 Å². The van der Waals surface area contributed by atoms with Gasteiger partial charge in [-0.3, -0.25) is 9.13 Å². The van der Waals surface area contributed by atoms with E-state index in [2.05, 4.69) is 9.97 Å². The Morgan fingerprint density at radius 2 is 1.93 bits per heavy atom. The number of rotatable bonds is 5. The van der Waals surface area contributed by atoms with Gasteiger partial charge in [0.2, 0.25) is 0 Å². The van der Waals surface area contributed by atoms with Crippen molar-refractivity contribution in [2.45, 2.75) is 26.4 Å². The monoisotopic (exact) mass is 452 g/mol. The van der Waals surface area contributed by atoms with Gasteiger partial charge in [0.25, 0.3) is 0 Å². The van der Waals surface area contributed by atoms with E-state index in [1.54, 1.807) is 27.5 Å². The van der Waals surface area contributed by atoms with Crippen molar-refractivity contribution in [1.82, 2.24) is 19.1 Å². The second-order valence-electron chi connectivity index (χ2n) is 6.65. The van der Waals surface area contributed by atoms with Crippen LogP contribution < -0.4 is 5.69 Å². The molecular formula is C20H16Cl3FN4O. The van der Waals surface area contributed by atoms with Crippen LogP contribution in [0, 0.1) is 5.82 Å². The van der Waals surface area contributed by atoms with Crippen LogP contribution in [0.25, 0.3) is 11.0 Å². The summed E-state index contributed by atoms with van der Waals surface area (Å²) in [6, 6.07) is 8.06. The second-order valence-corrected chi connectivity index (χ2v) is 7.91. The quantitative estimate of drug-likeness (QED) is 0.447. The smallest absolute Gasteiger partial charge is 0.328 e. The lowest BCUT2D eigenvalue weighted by molar-refractivity contribution is 0.630. The number of H-pyrrole nitrogens is 1. The molecule has 4 rings (SSSR count). The zero-order valence-electron chi connectivity index (χ0n) is 15.3. The summed E-state index contributed by atoms with van der Waals surface area (Å²) >= 11 is 18.1. The van der Waals surface area contributed by atoms with Gasteiger partial charge in [0.15, 0.2) is 0 Å². The molecule has 0 bridgehead atoms. The molecule has 0 atom stereocenters. The first-order valence-electron chi connectivity index (χ1n) is 8.92. The average molecular weight is 454 g/mol. The highest BCUT2D eigenvalue weighted by atomic mass is 35.5. The number of hydrogen-bond acceptors (Lipinski definition) is 2. The molecule has 2 aromatic carbocycles. The second kappa shape index (κ2) is 7.86. The molecule has 2 heterocycles. The van der Waals surface area contributed by atoms with Crippen molar-refractivity contribution >= 4 is 45.8 Å². The maximum absolute atomic E-state index is 13.7. The van der Waals surface area contributed by atoms with Crippen molar-refractivity contribution in [3.8, 4) is 0 Å². The van der Waals surface area contributed by atoms with Crippen molar-refractivity contribution in [3.05, 3.63) is 85.0 Å². The molecule has 0 aliphatic heterocycles. The van der Waals surface area contributed by atoms with Gasteiger partial charge in [-0.15, -0.1) is 0 Å². The van der Waals surface area contributed by atoms with Crippen LogP contribution in [0.5, 0.6) is 0 Å². The Kier molecular flexibility index (Phi) is 5.42. The molecule has 0 saturated heterocycles. The van der Waals surface area contributed by atoms with E-state index in [0.29, 0.717) is 39.9 Å². The molecule has 5 nitrogen and oxygen atoms in total. The molecule has 0 aliphatic rings. The van der Waals surface area contributed by atoms with Crippen LogP contribution >= 0.6 is 34.8 Å².